The fraction of sp³-hybridized carbons (Fsp3) is 0.200. The molecule has 0 fully saturated rings. The Morgan fingerprint density at radius 3 is 3.06 bits per heavy atom. The number of amides is 1. The first-order chi connectivity index (χ1) is 8.08. The third-order valence-electron chi connectivity index (χ3n) is 2.07. The maximum atomic E-state index is 11.7. The van der Waals surface area contributed by atoms with Gasteiger partial charge in [0.1, 0.15) is 0 Å². The van der Waals surface area contributed by atoms with Crippen molar-refractivity contribution in [3.63, 3.8) is 0 Å². The summed E-state index contributed by atoms with van der Waals surface area (Å²) in [5.74, 6) is 0.156. The zero-order chi connectivity index (χ0) is 12.4. The van der Waals surface area contributed by atoms with Crippen LogP contribution < -0.4 is 5.32 Å². The van der Waals surface area contributed by atoms with Crippen LogP contribution >= 0.6 is 15.9 Å². The van der Waals surface area contributed by atoms with E-state index >= 15 is 0 Å². The van der Waals surface area contributed by atoms with Crippen LogP contribution in [0.15, 0.2) is 23.3 Å². The quantitative estimate of drug-likeness (QED) is 0.919. The summed E-state index contributed by atoms with van der Waals surface area (Å²) >= 11 is 3.15. The van der Waals surface area contributed by atoms with Gasteiger partial charge in [-0.2, -0.15) is 4.98 Å². The van der Waals surface area contributed by atoms with E-state index in [-0.39, 0.29) is 11.7 Å². The SMILES string of the molecule is C=C(Br)CNC(=O)c1nc2nccc(C)n2n1. The van der Waals surface area contributed by atoms with Gasteiger partial charge in [0.2, 0.25) is 5.82 Å². The van der Waals surface area contributed by atoms with E-state index in [1.165, 1.54) is 4.52 Å². The first-order valence-electron chi connectivity index (χ1n) is 4.88. The van der Waals surface area contributed by atoms with Crippen molar-refractivity contribution in [3.8, 4) is 0 Å². The standard InChI is InChI=1S/C10H10BrN5O/c1-6(11)5-13-9(17)8-14-10-12-4-3-7(2)16(10)15-8/h3-4H,1,5H2,2H3,(H,13,17). The van der Waals surface area contributed by atoms with Gasteiger partial charge in [0.15, 0.2) is 0 Å². The summed E-state index contributed by atoms with van der Waals surface area (Å²) in [6, 6.07) is 1.80. The van der Waals surface area contributed by atoms with Gasteiger partial charge in [-0.25, -0.2) is 9.50 Å². The van der Waals surface area contributed by atoms with Gasteiger partial charge in [-0.3, -0.25) is 4.79 Å². The molecule has 0 saturated heterocycles. The minimum Gasteiger partial charge on any atom is -0.345 e. The van der Waals surface area contributed by atoms with E-state index in [2.05, 4.69) is 42.9 Å². The van der Waals surface area contributed by atoms with Crippen molar-refractivity contribution in [2.45, 2.75) is 6.92 Å². The lowest BCUT2D eigenvalue weighted by atomic mass is 10.5. The summed E-state index contributed by atoms with van der Waals surface area (Å²) in [4.78, 5) is 19.7. The van der Waals surface area contributed by atoms with Gasteiger partial charge in [0.25, 0.3) is 11.7 Å². The molecule has 0 aliphatic carbocycles. The average molecular weight is 296 g/mol. The summed E-state index contributed by atoms with van der Waals surface area (Å²) in [6.45, 7) is 5.82. The number of rotatable bonds is 3. The highest BCUT2D eigenvalue weighted by molar-refractivity contribution is 9.11. The molecule has 17 heavy (non-hydrogen) atoms. The number of hydrogen-bond acceptors (Lipinski definition) is 4. The highest BCUT2D eigenvalue weighted by Gasteiger charge is 2.13. The fourth-order valence-electron chi connectivity index (χ4n) is 1.26. The zero-order valence-electron chi connectivity index (χ0n) is 9.14. The molecule has 0 aromatic carbocycles. The van der Waals surface area contributed by atoms with Gasteiger partial charge in [-0.15, -0.1) is 5.10 Å². The van der Waals surface area contributed by atoms with Gasteiger partial charge in [-0.05, 0) is 13.0 Å². The molecular formula is C10H10BrN5O. The second-order valence-electron chi connectivity index (χ2n) is 3.43. The smallest absolute Gasteiger partial charge is 0.291 e. The van der Waals surface area contributed by atoms with Crippen molar-refractivity contribution in [1.29, 1.82) is 0 Å². The van der Waals surface area contributed by atoms with Crippen molar-refractivity contribution in [1.82, 2.24) is 24.9 Å². The number of fused-ring (bicyclic) bond motifs is 1. The molecule has 0 unspecified atom stereocenters. The van der Waals surface area contributed by atoms with Crippen molar-refractivity contribution in [2.24, 2.45) is 0 Å². The molecule has 0 aliphatic rings. The molecule has 0 radical (unpaired) electrons. The molecule has 2 aromatic rings. The third-order valence-corrected chi connectivity index (χ3v) is 2.35. The molecule has 6 nitrogen and oxygen atoms in total. The van der Waals surface area contributed by atoms with Crippen LogP contribution in [-0.4, -0.2) is 32.0 Å². The van der Waals surface area contributed by atoms with Gasteiger partial charge in [0, 0.05) is 22.9 Å². The molecule has 2 heterocycles. The molecule has 0 spiro atoms. The van der Waals surface area contributed by atoms with Crippen molar-refractivity contribution >= 4 is 27.6 Å². The van der Waals surface area contributed by atoms with Crippen LogP contribution in [-0.2, 0) is 0 Å². The summed E-state index contributed by atoms with van der Waals surface area (Å²) in [7, 11) is 0. The molecule has 0 atom stereocenters. The summed E-state index contributed by atoms with van der Waals surface area (Å²) < 4.78 is 2.21. The number of nitrogens with one attached hydrogen (secondary N) is 1. The predicted octanol–water partition coefficient (Wildman–Crippen LogP) is 1.07. The lowest BCUT2D eigenvalue weighted by molar-refractivity contribution is 0.0947. The molecular weight excluding hydrogens is 286 g/mol. The van der Waals surface area contributed by atoms with E-state index in [0.29, 0.717) is 16.8 Å². The maximum absolute atomic E-state index is 11.7. The van der Waals surface area contributed by atoms with Crippen molar-refractivity contribution in [2.75, 3.05) is 6.54 Å². The normalized spacial score (nSPS) is 10.5. The Morgan fingerprint density at radius 2 is 2.41 bits per heavy atom. The predicted molar refractivity (Wildman–Crippen MR) is 65.9 cm³/mol. The molecule has 1 amide bonds. The minimum atomic E-state index is -0.351. The summed E-state index contributed by atoms with van der Waals surface area (Å²) in [5, 5.41) is 6.70. The van der Waals surface area contributed by atoms with E-state index in [1.807, 2.05) is 6.92 Å². The third kappa shape index (κ3) is 2.50. The number of aromatic nitrogens is 4. The number of halogens is 1. The minimum absolute atomic E-state index is 0.0977. The Labute approximate surface area is 106 Å². The van der Waals surface area contributed by atoms with Crippen LogP contribution in [0.25, 0.3) is 5.78 Å². The Morgan fingerprint density at radius 1 is 1.65 bits per heavy atom. The highest BCUT2D eigenvalue weighted by Crippen LogP contribution is 2.02. The molecule has 0 saturated carbocycles. The Bertz CT molecular complexity index is 591. The number of nitrogens with zero attached hydrogens (tertiary/aromatic N) is 4. The van der Waals surface area contributed by atoms with Crippen LogP contribution in [0.3, 0.4) is 0 Å². The second-order valence-corrected chi connectivity index (χ2v) is 4.55. The molecule has 2 rings (SSSR count). The maximum Gasteiger partial charge on any atom is 0.291 e. The zero-order valence-corrected chi connectivity index (χ0v) is 10.7. The lowest BCUT2D eigenvalue weighted by Gasteiger charge is -1.98. The number of aryl methyl sites for hydroxylation is 1. The largest absolute Gasteiger partial charge is 0.345 e. The average Bonchev–Trinajstić information content (AvgIpc) is 2.71. The molecule has 7 heteroatoms. The van der Waals surface area contributed by atoms with E-state index < -0.39 is 0 Å². The van der Waals surface area contributed by atoms with Crippen LogP contribution in [0.5, 0.6) is 0 Å². The summed E-state index contributed by atoms with van der Waals surface area (Å²) in [5.41, 5.74) is 0.867. The highest BCUT2D eigenvalue weighted by atomic mass is 79.9. The van der Waals surface area contributed by atoms with E-state index in [1.54, 1.807) is 12.3 Å². The summed E-state index contributed by atoms with van der Waals surface area (Å²) in [6.07, 6.45) is 1.63. The topological polar surface area (TPSA) is 72.2 Å². The fourth-order valence-corrected chi connectivity index (χ4v) is 1.40. The molecule has 0 aliphatic heterocycles. The number of carbonyl (C=O) groups is 1. The van der Waals surface area contributed by atoms with Crippen molar-refractivity contribution in [3.05, 3.63) is 34.8 Å². The second kappa shape index (κ2) is 4.62. The molecule has 0 bridgehead atoms. The van der Waals surface area contributed by atoms with Crippen LogP contribution in [0.2, 0.25) is 0 Å². The molecule has 88 valence electrons. The Hall–Kier alpha value is -1.76. The number of hydrogen-bond donors (Lipinski definition) is 1. The van der Waals surface area contributed by atoms with E-state index in [0.717, 1.165) is 5.69 Å². The monoisotopic (exact) mass is 295 g/mol. The van der Waals surface area contributed by atoms with Gasteiger partial charge in [-0.1, -0.05) is 22.5 Å². The Kier molecular flexibility index (Phi) is 3.19. The first-order valence-corrected chi connectivity index (χ1v) is 5.67. The van der Waals surface area contributed by atoms with Gasteiger partial charge < -0.3 is 5.32 Å². The Balaban J connectivity index is 2.27. The van der Waals surface area contributed by atoms with E-state index in [4.69, 9.17) is 0 Å². The number of carbonyl (C=O) groups excluding carboxylic acids is 1. The van der Waals surface area contributed by atoms with Crippen LogP contribution in [0.1, 0.15) is 16.3 Å². The van der Waals surface area contributed by atoms with Crippen LogP contribution in [0.4, 0.5) is 0 Å². The molecule has 1 N–H and O–H groups in total. The first kappa shape index (κ1) is 11.7. The van der Waals surface area contributed by atoms with Crippen molar-refractivity contribution < 1.29 is 4.79 Å². The van der Waals surface area contributed by atoms with E-state index in [9.17, 15) is 4.79 Å². The van der Waals surface area contributed by atoms with Crippen LogP contribution in [0, 0.1) is 6.92 Å². The van der Waals surface area contributed by atoms with Gasteiger partial charge >= 0.3 is 0 Å². The lowest BCUT2D eigenvalue weighted by Crippen LogP contribution is -2.25. The van der Waals surface area contributed by atoms with Gasteiger partial charge in [0.05, 0.1) is 0 Å². The molecule has 2 aromatic heterocycles.